The molecule has 0 saturated carbocycles. The molecule has 0 radical (unpaired) electrons. The van der Waals surface area contributed by atoms with E-state index < -0.39 is 0 Å². The molecule has 1 aromatic heterocycles. The maximum Gasteiger partial charge on any atom is 0.140 e. The summed E-state index contributed by atoms with van der Waals surface area (Å²) in [6.07, 6.45) is 3.50. The summed E-state index contributed by atoms with van der Waals surface area (Å²) in [6, 6.07) is 2.04. The van der Waals surface area contributed by atoms with Gasteiger partial charge in [0.1, 0.15) is 6.04 Å². The Morgan fingerprint density at radius 1 is 1.69 bits per heavy atom. The highest BCUT2D eigenvalue weighted by molar-refractivity contribution is 5.13. The van der Waals surface area contributed by atoms with Crippen LogP contribution >= 0.6 is 0 Å². The van der Waals surface area contributed by atoms with Gasteiger partial charge in [-0.25, -0.2) is 4.98 Å². The highest BCUT2D eigenvalue weighted by Gasteiger charge is 2.16. The third-order valence-electron chi connectivity index (χ3n) is 2.00. The fraction of sp³-hybridized carbons (Fsp3) is 0.556. The number of hydrogen-bond donors (Lipinski definition) is 0. The van der Waals surface area contributed by atoms with Gasteiger partial charge in [-0.05, 0) is 21.0 Å². The Kier molecular flexibility index (Phi) is 3.04. The molecule has 1 heterocycles. The fourth-order valence-electron chi connectivity index (χ4n) is 1.27. The monoisotopic (exact) mass is 178 g/mol. The molecule has 70 valence electrons. The first-order chi connectivity index (χ1) is 6.20. The maximum atomic E-state index is 8.96. The maximum absolute atomic E-state index is 8.96. The second-order valence-corrected chi connectivity index (χ2v) is 3.10. The van der Waals surface area contributed by atoms with Crippen molar-refractivity contribution in [2.24, 2.45) is 0 Å². The van der Waals surface area contributed by atoms with Crippen molar-refractivity contribution in [2.45, 2.75) is 19.5 Å². The molecule has 0 saturated heterocycles. The highest BCUT2D eigenvalue weighted by atomic mass is 15.1. The first kappa shape index (κ1) is 9.75. The highest BCUT2D eigenvalue weighted by Crippen LogP contribution is 2.16. The van der Waals surface area contributed by atoms with Gasteiger partial charge in [0.05, 0.1) is 24.3 Å². The summed E-state index contributed by atoms with van der Waals surface area (Å²) in [5.74, 6) is 0. The quantitative estimate of drug-likeness (QED) is 0.694. The van der Waals surface area contributed by atoms with Crippen LogP contribution in [-0.2, 0) is 6.54 Å². The molecule has 0 aliphatic rings. The molecular weight excluding hydrogens is 164 g/mol. The summed E-state index contributed by atoms with van der Waals surface area (Å²) in [5, 5.41) is 8.96. The molecule has 4 heteroatoms. The molecule has 4 nitrogen and oxygen atoms in total. The van der Waals surface area contributed by atoms with Crippen molar-refractivity contribution >= 4 is 0 Å². The molecule has 0 aromatic carbocycles. The van der Waals surface area contributed by atoms with Gasteiger partial charge in [0.2, 0.25) is 0 Å². The third kappa shape index (κ3) is 1.87. The fourth-order valence-corrected chi connectivity index (χ4v) is 1.27. The zero-order valence-corrected chi connectivity index (χ0v) is 8.23. The van der Waals surface area contributed by atoms with Crippen LogP contribution in [-0.4, -0.2) is 28.5 Å². The van der Waals surface area contributed by atoms with Crippen LogP contribution in [0, 0.1) is 11.3 Å². The number of nitrogens with zero attached hydrogens (tertiary/aromatic N) is 4. The van der Waals surface area contributed by atoms with Gasteiger partial charge in [0.15, 0.2) is 0 Å². The minimum atomic E-state index is -0.206. The van der Waals surface area contributed by atoms with Gasteiger partial charge in [-0.1, -0.05) is 0 Å². The van der Waals surface area contributed by atoms with E-state index >= 15 is 0 Å². The standard InChI is InChI=1S/C9H14N4/c1-4-13-7-11-6-9(13)8(5-10)12(2)3/h6-8H,4H2,1-3H3. The van der Waals surface area contributed by atoms with Gasteiger partial charge < -0.3 is 4.57 Å². The lowest BCUT2D eigenvalue weighted by Crippen LogP contribution is -2.20. The summed E-state index contributed by atoms with van der Waals surface area (Å²) >= 11 is 0. The minimum absolute atomic E-state index is 0.206. The average Bonchev–Trinajstić information content (AvgIpc) is 2.53. The van der Waals surface area contributed by atoms with Crippen LogP contribution in [0.5, 0.6) is 0 Å². The molecule has 1 unspecified atom stereocenters. The smallest absolute Gasteiger partial charge is 0.140 e. The van der Waals surface area contributed by atoms with Crippen molar-refractivity contribution in [3.05, 3.63) is 18.2 Å². The van der Waals surface area contributed by atoms with Crippen LogP contribution in [0.25, 0.3) is 0 Å². The van der Waals surface area contributed by atoms with Gasteiger partial charge in [-0.3, -0.25) is 4.90 Å². The summed E-state index contributed by atoms with van der Waals surface area (Å²) in [4.78, 5) is 5.91. The van der Waals surface area contributed by atoms with Gasteiger partial charge >= 0.3 is 0 Å². The van der Waals surface area contributed by atoms with Gasteiger partial charge in [0.25, 0.3) is 0 Å². The first-order valence-electron chi connectivity index (χ1n) is 4.26. The number of imidazole rings is 1. The Labute approximate surface area is 78.4 Å². The van der Waals surface area contributed by atoms with Gasteiger partial charge in [0, 0.05) is 6.54 Å². The van der Waals surface area contributed by atoms with Crippen molar-refractivity contribution in [3.63, 3.8) is 0 Å². The number of aryl methyl sites for hydroxylation is 1. The van der Waals surface area contributed by atoms with Crippen molar-refractivity contribution in [1.29, 1.82) is 5.26 Å². The van der Waals surface area contributed by atoms with Crippen LogP contribution in [0.2, 0.25) is 0 Å². The third-order valence-corrected chi connectivity index (χ3v) is 2.00. The summed E-state index contributed by atoms with van der Waals surface area (Å²) in [7, 11) is 3.78. The van der Waals surface area contributed by atoms with Crippen molar-refractivity contribution in [2.75, 3.05) is 14.1 Å². The molecule has 0 bridgehead atoms. The number of hydrogen-bond acceptors (Lipinski definition) is 3. The predicted molar refractivity (Wildman–Crippen MR) is 49.9 cm³/mol. The topological polar surface area (TPSA) is 44.9 Å². The van der Waals surface area contributed by atoms with Crippen LogP contribution in [0.1, 0.15) is 18.7 Å². The number of rotatable bonds is 3. The second-order valence-electron chi connectivity index (χ2n) is 3.10. The lowest BCUT2D eigenvalue weighted by atomic mass is 10.2. The zero-order chi connectivity index (χ0) is 9.84. The lowest BCUT2D eigenvalue weighted by molar-refractivity contribution is 0.344. The number of nitriles is 1. The summed E-state index contributed by atoms with van der Waals surface area (Å²) in [6.45, 7) is 2.89. The molecule has 0 aliphatic heterocycles. The Hall–Kier alpha value is -1.34. The predicted octanol–water partition coefficient (Wildman–Crippen LogP) is 1.03. The van der Waals surface area contributed by atoms with E-state index in [0.717, 1.165) is 12.2 Å². The summed E-state index contributed by atoms with van der Waals surface area (Å²) < 4.78 is 1.98. The van der Waals surface area contributed by atoms with E-state index in [1.54, 1.807) is 12.5 Å². The van der Waals surface area contributed by atoms with E-state index in [4.69, 9.17) is 5.26 Å². The Balaban J connectivity index is 2.99. The second kappa shape index (κ2) is 4.06. The van der Waals surface area contributed by atoms with Gasteiger partial charge in [-0.2, -0.15) is 5.26 Å². The van der Waals surface area contributed by atoms with Gasteiger partial charge in [-0.15, -0.1) is 0 Å². The molecule has 1 atom stereocenters. The summed E-state index contributed by atoms with van der Waals surface area (Å²) in [5.41, 5.74) is 0.954. The molecular formula is C9H14N4. The molecule has 0 fully saturated rings. The number of aromatic nitrogens is 2. The van der Waals surface area contributed by atoms with E-state index in [0.29, 0.717) is 0 Å². The largest absolute Gasteiger partial charge is 0.333 e. The van der Waals surface area contributed by atoms with Crippen molar-refractivity contribution < 1.29 is 0 Å². The Morgan fingerprint density at radius 3 is 2.85 bits per heavy atom. The zero-order valence-electron chi connectivity index (χ0n) is 8.23. The van der Waals surface area contributed by atoms with E-state index in [-0.39, 0.29) is 6.04 Å². The lowest BCUT2D eigenvalue weighted by Gasteiger charge is -2.17. The van der Waals surface area contributed by atoms with Crippen LogP contribution in [0.4, 0.5) is 0 Å². The Bertz CT molecular complexity index is 308. The van der Waals surface area contributed by atoms with Crippen LogP contribution in [0.3, 0.4) is 0 Å². The van der Waals surface area contributed by atoms with E-state index in [1.807, 2.05) is 30.5 Å². The van der Waals surface area contributed by atoms with Crippen LogP contribution < -0.4 is 0 Å². The average molecular weight is 178 g/mol. The Morgan fingerprint density at radius 2 is 2.38 bits per heavy atom. The first-order valence-corrected chi connectivity index (χ1v) is 4.26. The van der Waals surface area contributed by atoms with E-state index in [2.05, 4.69) is 11.1 Å². The van der Waals surface area contributed by atoms with E-state index in [1.165, 1.54) is 0 Å². The molecule has 13 heavy (non-hydrogen) atoms. The molecule has 0 N–H and O–H groups in total. The van der Waals surface area contributed by atoms with E-state index in [9.17, 15) is 0 Å². The van der Waals surface area contributed by atoms with Crippen molar-refractivity contribution in [3.8, 4) is 6.07 Å². The van der Waals surface area contributed by atoms with Crippen molar-refractivity contribution in [1.82, 2.24) is 14.5 Å². The molecule has 1 rings (SSSR count). The minimum Gasteiger partial charge on any atom is -0.333 e. The SMILES string of the molecule is CCn1cncc1C(C#N)N(C)C. The van der Waals surface area contributed by atoms with Crippen LogP contribution in [0.15, 0.2) is 12.5 Å². The molecule has 0 aliphatic carbocycles. The molecule has 1 aromatic rings. The normalized spacial score (nSPS) is 12.8. The molecule has 0 amide bonds. The molecule has 0 spiro atoms.